The third kappa shape index (κ3) is 3.40. The Labute approximate surface area is 154 Å². The van der Waals surface area contributed by atoms with Gasteiger partial charge in [0.1, 0.15) is 0 Å². The molecule has 0 aromatic heterocycles. The van der Waals surface area contributed by atoms with Crippen LogP contribution < -0.4 is 10.2 Å². The molecule has 4 rings (SSSR count). The Morgan fingerprint density at radius 1 is 1.04 bits per heavy atom. The summed E-state index contributed by atoms with van der Waals surface area (Å²) in [5, 5.41) is 13.0. The van der Waals surface area contributed by atoms with Crippen molar-refractivity contribution in [3.8, 4) is 6.07 Å². The lowest BCUT2D eigenvalue weighted by Crippen LogP contribution is -2.51. The second kappa shape index (κ2) is 6.74. The molecule has 25 heavy (non-hydrogen) atoms. The smallest absolute Gasteiger partial charge is 0.0992 e. The van der Waals surface area contributed by atoms with E-state index in [9.17, 15) is 5.26 Å². The zero-order valence-electron chi connectivity index (χ0n) is 14.7. The predicted octanol–water partition coefficient (Wildman–Crippen LogP) is 4.27. The number of nitriles is 1. The molecule has 2 bridgehead atoms. The predicted molar refractivity (Wildman–Crippen MR) is 103 cm³/mol. The summed E-state index contributed by atoms with van der Waals surface area (Å²) in [6.07, 6.45) is 2.55. The van der Waals surface area contributed by atoms with Gasteiger partial charge in [-0.2, -0.15) is 5.26 Å². The van der Waals surface area contributed by atoms with E-state index < -0.39 is 0 Å². The summed E-state index contributed by atoms with van der Waals surface area (Å²) in [4.78, 5) is 4.96. The van der Waals surface area contributed by atoms with Gasteiger partial charge in [-0.15, -0.1) is 0 Å². The van der Waals surface area contributed by atoms with Gasteiger partial charge in [-0.3, -0.25) is 0 Å². The fraction of sp³-hybridized carbons (Fsp3) is 0.381. The van der Waals surface area contributed by atoms with E-state index in [1.807, 2.05) is 12.1 Å². The van der Waals surface area contributed by atoms with E-state index in [1.54, 1.807) is 11.8 Å². The maximum atomic E-state index is 9.33. The molecule has 2 aliphatic heterocycles. The van der Waals surface area contributed by atoms with Crippen LogP contribution in [0.1, 0.15) is 29.5 Å². The summed E-state index contributed by atoms with van der Waals surface area (Å²) in [5.41, 5.74) is 4.57. The van der Waals surface area contributed by atoms with Gasteiger partial charge >= 0.3 is 0 Å². The molecule has 0 amide bonds. The van der Waals surface area contributed by atoms with Crippen molar-refractivity contribution in [2.75, 3.05) is 18.0 Å². The zero-order valence-corrected chi connectivity index (χ0v) is 15.6. The molecule has 0 saturated carbocycles. The summed E-state index contributed by atoms with van der Waals surface area (Å²) in [7, 11) is 0. The molecule has 4 heteroatoms. The van der Waals surface area contributed by atoms with Crippen molar-refractivity contribution >= 4 is 17.4 Å². The molecule has 1 N–H and O–H groups in total. The number of fused-ring (bicyclic) bond motifs is 2. The molecule has 2 heterocycles. The molecular formula is C21H23N3S. The Kier molecular flexibility index (Phi) is 4.45. The topological polar surface area (TPSA) is 39.1 Å². The highest BCUT2D eigenvalue weighted by Crippen LogP contribution is 2.39. The largest absolute Gasteiger partial charge is 0.367 e. The fourth-order valence-electron chi connectivity index (χ4n) is 3.95. The molecular weight excluding hydrogens is 326 g/mol. The highest BCUT2D eigenvalue weighted by molar-refractivity contribution is 7.99. The number of aryl methyl sites for hydroxylation is 2. The molecule has 3 nitrogen and oxygen atoms in total. The average Bonchev–Trinajstić information content (AvgIpc) is 2.95. The standard InChI is InChI=1S/C21H23N3S/c1-14-3-8-20(15(2)9-14)25-21-10-16(11-22)4-7-19(21)24-12-17-5-6-18(13-24)23-17/h3-4,7-10,17-18,23H,5-6,12-13H2,1-2H3. The molecule has 2 aromatic rings. The molecule has 2 aliphatic rings. The van der Waals surface area contributed by atoms with Gasteiger partial charge in [0.2, 0.25) is 0 Å². The number of hydrogen-bond acceptors (Lipinski definition) is 4. The molecule has 2 atom stereocenters. The van der Waals surface area contributed by atoms with E-state index in [4.69, 9.17) is 0 Å². The summed E-state index contributed by atoms with van der Waals surface area (Å²) in [6, 6.07) is 16.2. The molecule has 128 valence electrons. The number of rotatable bonds is 3. The van der Waals surface area contributed by atoms with E-state index in [2.05, 4.69) is 54.4 Å². The van der Waals surface area contributed by atoms with E-state index in [0.717, 1.165) is 18.7 Å². The molecule has 2 saturated heterocycles. The lowest BCUT2D eigenvalue weighted by Gasteiger charge is -2.35. The first-order chi connectivity index (χ1) is 12.1. The number of nitrogens with zero attached hydrogens (tertiary/aromatic N) is 2. The number of hydrogen-bond donors (Lipinski definition) is 1. The second-order valence-corrected chi connectivity index (χ2v) is 8.29. The van der Waals surface area contributed by atoms with Crippen molar-refractivity contribution in [3.63, 3.8) is 0 Å². The van der Waals surface area contributed by atoms with Crippen LogP contribution in [0.4, 0.5) is 5.69 Å². The van der Waals surface area contributed by atoms with Crippen molar-refractivity contribution < 1.29 is 0 Å². The van der Waals surface area contributed by atoms with Crippen LogP contribution in [0.15, 0.2) is 46.2 Å². The van der Waals surface area contributed by atoms with Crippen molar-refractivity contribution in [1.82, 2.24) is 5.32 Å². The molecule has 0 radical (unpaired) electrons. The van der Waals surface area contributed by atoms with Crippen molar-refractivity contribution in [3.05, 3.63) is 53.1 Å². The van der Waals surface area contributed by atoms with Crippen LogP contribution in [-0.2, 0) is 0 Å². The SMILES string of the molecule is Cc1ccc(Sc2cc(C#N)ccc2N2CC3CCC(C2)N3)c(C)c1. The Hall–Kier alpha value is -1.96. The van der Waals surface area contributed by atoms with E-state index in [0.29, 0.717) is 12.1 Å². The van der Waals surface area contributed by atoms with Gasteiger partial charge < -0.3 is 10.2 Å². The lowest BCUT2D eigenvalue weighted by molar-refractivity contribution is 0.464. The monoisotopic (exact) mass is 349 g/mol. The third-order valence-corrected chi connectivity index (χ3v) is 6.42. The van der Waals surface area contributed by atoms with Gasteiger partial charge in [-0.1, -0.05) is 29.5 Å². The van der Waals surface area contributed by atoms with Crippen LogP contribution >= 0.6 is 11.8 Å². The Morgan fingerprint density at radius 3 is 2.48 bits per heavy atom. The third-order valence-electron chi connectivity index (χ3n) is 5.20. The number of anilines is 1. The van der Waals surface area contributed by atoms with Gasteiger partial charge in [0.25, 0.3) is 0 Å². The minimum absolute atomic E-state index is 0.605. The Balaban J connectivity index is 1.69. The van der Waals surface area contributed by atoms with Crippen LogP contribution in [0.2, 0.25) is 0 Å². The molecule has 0 aliphatic carbocycles. The van der Waals surface area contributed by atoms with Gasteiger partial charge in [0.05, 0.1) is 17.3 Å². The van der Waals surface area contributed by atoms with Gasteiger partial charge in [-0.05, 0) is 56.5 Å². The first-order valence-electron chi connectivity index (χ1n) is 8.92. The lowest BCUT2D eigenvalue weighted by atomic mass is 10.1. The second-order valence-electron chi connectivity index (χ2n) is 7.21. The van der Waals surface area contributed by atoms with Crippen molar-refractivity contribution in [2.24, 2.45) is 0 Å². The van der Waals surface area contributed by atoms with Crippen LogP contribution in [0.25, 0.3) is 0 Å². The van der Waals surface area contributed by atoms with Crippen LogP contribution in [0, 0.1) is 25.2 Å². The first kappa shape index (κ1) is 16.5. The number of piperazine rings is 1. The van der Waals surface area contributed by atoms with E-state index in [-0.39, 0.29) is 0 Å². The first-order valence-corrected chi connectivity index (χ1v) is 9.74. The summed E-state index contributed by atoms with van der Waals surface area (Å²) in [5.74, 6) is 0. The molecule has 2 fully saturated rings. The number of benzene rings is 2. The summed E-state index contributed by atoms with van der Waals surface area (Å²) < 4.78 is 0. The zero-order chi connectivity index (χ0) is 17.4. The van der Waals surface area contributed by atoms with Gasteiger partial charge in [-0.25, -0.2) is 0 Å². The highest BCUT2D eigenvalue weighted by Gasteiger charge is 2.33. The van der Waals surface area contributed by atoms with Crippen LogP contribution in [0.3, 0.4) is 0 Å². The fourth-order valence-corrected chi connectivity index (χ4v) is 5.03. The van der Waals surface area contributed by atoms with Crippen molar-refractivity contribution in [1.29, 1.82) is 5.26 Å². The average molecular weight is 350 g/mol. The highest BCUT2D eigenvalue weighted by atomic mass is 32.2. The minimum Gasteiger partial charge on any atom is -0.367 e. The molecule has 2 unspecified atom stereocenters. The molecule has 2 aromatic carbocycles. The van der Waals surface area contributed by atoms with E-state index >= 15 is 0 Å². The summed E-state index contributed by atoms with van der Waals surface area (Å²) in [6.45, 7) is 6.40. The summed E-state index contributed by atoms with van der Waals surface area (Å²) >= 11 is 1.78. The van der Waals surface area contributed by atoms with Crippen LogP contribution in [-0.4, -0.2) is 25.2 Å². The van der Waals surface area contributed by atoms with Crippen LogP contribution in [0.5, 0.6) is 0 Å². The van der Waals surface area contributed by atoms with Crippen molar-refractivity contribution in [2.45, 2.75) is 48.6 Å². The Bertz CT molecular complexity index is 828. The van der Waals surface area contributed by atoms with E-state index in [1.165, 1.54) is 39.4 Å². The maximum absolute atomic E-state index is 9.33. The van der Waals surface area contributed by atoms with Gasteiger partial charge in [0.15, 0.2) is 0 Å². The quantitative estimate of drug-likeness (QED) is 0.898. The normalized spacial score (nSPS) is 22.0. The Morgan fingerprint density at radius 2 is 1.80 bits per heavy atom. The molecule has 0 spiro atoms. The maximum Gasteiger partial charge on any atom is 0.0992 e. The van der Waals surface area contributed by atoms with Gasteiger partial charge in [0, 0.05) is 35.0 Å². The minimum atomic E-state index is 0.605. The number of nitrogens with one attached hydrogen (secondary N) is 1.